The Balaban J connectivity index is 2.26. The molecule has 0 radical (unpaired) electrons. The fourth-order valence-electron chi connectivity index (χ4n) is 1.42. The number of aromatic nitrogens is 2. The molecule has 0 aliphatic rings. The van der Waals surface area contributed by atoms with Crippen molar-refractivity contribution < 1.29 is 17.6 Å². The molecule has 102 valence electrons. The Morgan fingerprint density at radius 3 is 2.58 bits per heavy atom. The minimum absolute atomic E-state index is 0.183. The van der Waals surface area contributed by atoms with Gasteiger partial charge in [0, 0.05) is 6.04 Å². The summed E-state index contributed by atoms with van der Waals surface area (Å²) in [6.07, 6.45) is 0. The summed E-state index contributed by atoms with van der Waals surface area (Å²) in [4.78, 5) is 0. The molecular formula is C12H12F3N3O. The maximum Gasteiger partial charge on any atom is 0.250 e. The first-order valence-corrected chi connectivity index (χ1v) is 5.68. The van der Waals surface area contributed by atoms with Crippen LogP contribution in [0.2, 0.25) is 0 Å². The quantitative estimate of drug-likeness (QED) is 0.868. The van der Waals surface area contributed by atoms with Gasteiger partial charge in [-0.25, -0.2) is 13.2 Å². The van der Waals surface area contributed by atoms with Crippen molar-refractivity contribution in [1.82, 2.24) is 15.5 Å². The van der Waals surface area contributed by atoms with E-state index in [9.17, 15) is 13.2 Å². The van der Waals surface area contributed by atoms with Crippen LogP contribution >= 0.6 is 0 Å². The highest BCUT2D eigenvalue weighted by Gasteiger charge is 2.19. The van der Waals surface area contributed by atoms with Gasteiger partial charge in [-0.2, -0.15) is 0 Å². The van der Waals surface area contributed by atoms with Crippen LogP contribution in [0.3, 0.4) is 0 Å². The van der Waals surface area contributed by atoms with Crippen LogP contribution in [0.1, 0.15) is 19.7 Å². The molecule has 19 heavy (non-hydrogen) atoms. The second kappa shape index (κ2) is 5.40. The molecule has 1 aromatic carbocycles. The van der Waals surface area contributed by atoms with Crippen LogP contribution in [-0.4, -0.2) is 16.2 Å². The van der Waals surface area contributed by atoms with E-state index in [1.54, 1.807) is 0 Å². The Kier molecular flexibility index (Phi) is 3.84. The number of halogens is 3. The third-order valence-corrected chi connectivity index (χ3v) is 2.39. The van der Waals surface area contributed by atoms with Gasteiger partial charge in [-0.15, -0.1) is 10.2 Å². The predicted octanol–water partition coefficient (Wildman–Crippen LogP) is 2.65. The Morgan fingerprint density at radius 2 is 1.89 bits per heavy atom. The Morgan fingerprint density at radius 1 is 1.16 bits per heavy atom. The number of nitrogens with one attached hydrogen (secondary N) is 1. The van der Waals surface area contributed by atoms with Gasteiger partial charge in [-0.05, 0) is 12.1 Å². The van der Waals surface area contributed by atoms with Crippen molar-refractivity contribution >= 4 is 0 Å². The van der Waals surface area contributed by atoms with Gasteiger partial charge >= 0.3 is 0 Å². The molecule has 0 fully saturated rings. The molecule has 0 amide bonds. The molecule has 0 aliphatic heterocycles. The first kappa shape index (κ1) is 13.5. The van der Waals surface area contributed by atoms with Crippen molar-refractivity contribution in [3.8, 4) is 11.5 Å². The van der Waals surface area contributed by atoms with Gasteiger partial charge in [0.1, 0.15) is 0 Å². The van der Waals surface area contributed by atoms with E-state index in [4.69, 9.17) is 4.42 Å². The summed E-state index contributed by atoms with van der Waals surface area (Å²) in [5, 5.41) is 10.3. The molecule has 0 atom stereocenters. The molecule has 4 nitrogen and oxygen atoms in total. The van der Waals surface area contributed by atoms with Gasteiger partial charge in [0.05, 0.1) is 12.1 Å². The fourth-order valence-corrected chi connectivity index (χ4v) is 1.42. The average molecular weight is 271 g/mol. The molecule has 7 heteroatoms. The van der Waals surface area contributed by atoms with Crippen molar-refractivity contribution in [3.63, 3.8) is 0 Å². The van der Waals surface area contributed by atoms with E-state index in [1.165, 1.54) is 0 Å². The number of hydrogen-bond donors (Lipinski definition) is 1. The lowest BCUT2D eigenvalue weighted by Gasteiger charge is -2.03. The predicted molar refractivity (Wildman–Crippen MR) is 61.6 cm³/mol. The van der Waals surface area contributed by atoms with Crippen molar-refractivity contribution in [2.45, 2.75) is 26.4 Å². The van der Waals surface area contributed by atoms with Crippen molar-refractivity contribution in [2.24, 2.45) is 0 Å². The minimum atomic E-state index is -1.56. The monoisotopic (exact) mass is 271 g/mol. The van der Waals surface area contributed by atoms with Gasteiger partial charge in [-0.1, -0.05) is 13.8 Å². The average Bonchev–Trinajstić information content (AvgIpc) is 2.82. The van der Waals surface area contributed by atoms with Crippen molar-refractivity contribution in [3.05, 3.63) is 35.5 Å². The number of nitrogens with zero attached hydrogens (tertiary/aromatic N) is 2. The standard InChI is InChI=1S/C12H12F3N3O/c1-6(2)16-5-9-17-18-12(19-9)7-3-4-8(13)11(15)10(7)14/h3-4,6,16H,5H2,1-2H3. The lowest BCUT2D eigenvalue weighted by molar-refractivity contribution is 0.438. The van der Waals surface area contributed by atoms with E-state index >= 15 is 0 Å². The normalized spacial score (nSPS) is 11.3. The molecule has 1 N–H and O–H groups in total. The Labute approximate surface area is 107 Å². The molecule has 0 spiro atoms. The zero-order valence-electron chi connectivity index (χ0n) is 10.4. The van der Waals surface area contributed by atoms with Crippen LogP contribution in [0, 0.1) is 17.5 Å². The SMILES string of the molecule is CC(C)NCc1nnc(-c2ccc(F)c(F)c2F)o1. The molecule has 0 aliphatic carbocycles. The molecule has 2 rings (SSSR count). The summed E-state index contributed by atoms with van der Waals surface area (Å²) in [5.74, 6) is -4.10. The number of hydrogen-bond acceptors (Lipinski definition) is 4. The summed E-state index contributed by atoms with van der Waals surface area (Å²) < 4.78 is 44.6. The second-order valence-electron chi connectivity index (χ2n) is 4.26. The van der Waals surface area contributed by atoms with Crippen LogP contribution in [0.5, 0.6) is 0 Å². The van der Waals surface area contributed by atoms with Crippen molar-refractivity contribution in [1.29, 1.82) is 0 Å². The fraction of sp³-hybridized carbons (Fsp3) is 0.333. The van der Waals surface area contributed by atoms with Gasteiger partial charge in [0.2, 0.25) is 5.89 Å². The zero-order valence-corrected chi connectivity index (χ0v) is 10.4. The third-order valence-electron chi connectivity index (χ3n) is 2.39. The Bertz CT molecular complexity index is 584. The van der Waals surface area contributed by atoms with E-state index < -0.39 is 17.5 Å². The zero-order chi connectivity index (χ0) is 14.0. The van der Waals surface area contributed by atoms with E-state index in [-0.39, 0.29) is 23.4 Å². The van der Waals surface area contributed by atoms with E-state index in [0.717, 1.165) is 12.1 Å². The minimum Gasteiger partial charge on any atom is -0.419 e. The Hall–Kier alpha value is -1.89. The summed E-state index contributed by atoms with van der Waals surface area (Å²) >= 11 is 0. The van der Waals surface area contributed by atoms with E-state index in [2.05, 4.69) is 15.5 Å². The van der Waals surface area contributed by atoms with Crippen LogP contribution in [0.15, 0.2) is 16.5 Å². The molecular weight excluding hydrogens is 259 g/mol. The summed E-state index contributed by atoms with van der Waals surface area (Å²) in [6, 6.07) is 2.08. The van der Waals surface area contributed by atoms with Gasteiger partial charge in [0.25, 0.3) is 5.89 Å². The van der Waals surface area contributed by atoms with E-state index in [0.29, 0.717) is 6.54 Å². The highest BCUT2D eigenvalue weighted by atomic mass is 19.2. The summed E-state index contributed by atoms with van der Waals surface area (Å²) in [6.45, 7) is 4.19. The first-order valence-electron chi connectivity index (χ1n) is 5.68. The van der Waals surface area contributed by atoms with Crippen LogP contribution in [0.25, 0.3) is 11.5 Å². The number of benzene rings is 1. The topological polar surface area (TPSA) is 51.0 Å². The molecule has 2 aromatic rings. The van der Waals surface area contributed by atoms with Crippen molar-refractivity contribution in [2.75, 3.05) is 0 Å². The molecule has 0 saturated heterocycles. The maximum atomic E-state index is 13.5. The molecule has 1 aromatic heterocycles. The second-order valence-corrected chi connectivity index (χ2v) is 4.26. The maximum absolute atomic E-state index is 13.5. The van der Waals surface area contributed by atoms with E-state index in [1.807, 2.05) is 13.8 Å². The van der Waals surface area contributed by atoms with Gasteiger partial charge < -0.3 is 9.73 Å². The summed E-state index contributed by atoms with van der Waals surface area (Å²) in [7, 11) is 0. The largest absolute Gasteiger partial charge is 0.419 e. The molecule has 0 bridgehead atoms. The number of rotatable bonds is 4. The van der Waals surface area contributed by atoms with Gasteiger partial charge in [-0.3, -0.25) is 0 Å². The van der Waals surface area contributed by atoms with Crippen LogP contribution in [0.4, 0.5) is 13.2 Å². The highest BCUT2D eigenvalue weighted by molar-refractivity contribution is 5.53. The smallest absolute Gasteiger partial charge is 0.250 e. The lowest BCUT2D eigenvalue weighted by atomic mass is 10.2. The molecule has 1 heterocycles. The lowest BCUT2D eigenvalue weighted by Crippen LogP contribution is -2.21. The van der Waals surface area contributed by atoms with Gasteiger partial charge in [0.15, 0.2) is 17.5 Å². The van der Waals surface area contributed by atoms with Crippen LogP contribution in [-0.2, 0) is 6.54 Å². The molecule has 0 unspecified atom stereocenters. The highest BCUT2D eigenvalue weighted by Crippen LogP contribution is 2.24. The summed E-state index contributed by atoms with van der Waals surface area (Å²) in [5.41, 5.74) is -0.262. The molecule has 0 saturated carbocycles. The van der Waals surface area contributed by atoms with Crippen LogP contribution < -0.4 is 5.32 Å². The third kappa shape index (κ3) is 2.93. The first-order chi connectivity index (χ1) is 8.99.